The zero-order valence-corrected chi connectivity index (χ0v) is 16.0. The Kier molecular flexibility index (Phi) is 6.10. The maximum absolute atomic E-state index is 12.4. The zero-order valence-electron chi connectivity index (χ0n) is 15.1. The minimum atomic E-state index is -3.70. The van der Waals surface area contributed by atoms with Crippen LogP contribution in [0.1, 0.15) is 5.56 Å². The van der Waals surface area contributed by atoms with Crippen LogP contribution in [0.5, 0.6) is 11.5 Å². The number of ether oxygens (including phenoxy) is 2. The van der Waals surface area contributed by atoms with E-state index in [1.165, 1.54) is 14.2 Å². The second-order valence-corrected chi connectivity index (χ2v) is 7.63. The largest absolute Gasteiger partial charge is 0.497 e. The Morgan fingerprint density at radius 2 is 1.85 bits per heavy atom. The fourth-order valence-electron chi connectivity index (χ4n) is 2.41. The van der Waals surface area contributed by atoms with Crippen LogP contribution in [-0.2, 0) is 14.8 Å². The summed E-state index contributed by atoms with van der Waals surface area (Å²) in [5, 5.41) is 2.68. The molecule has 0 fully saturated rings. The van der Waals surface area contributed by atoms with Gasteiger partial charge in [0, 0.05) is 11.8 Å². The minimum Gasteiger partial charge on any atom is -0.497 e. The van der Waals surface area contributed by atoms with Crippen molar-refractivity contribution in [3.05, 3.63) is 48.0 Å². The third-order valence-corrected chi connectivity index (χ3v) is 4.77. The molecule has 0 heterocycles. The predicted molar refractivity (Wildman–Crippen MR) is 102 cm³/mol. The van der Waals surface area contributed by atoms with E-state index in [-0.39, 0.29) is 6.54 Å². The molecule has 1 N–H and O–H groups in total. The molecule has 2 rings (SSSR count). The van der Waals surface area contributed by atoms with Crippen molar-refractivity contribution >= 4 is 27.3 Å². The number of anilines is 2. The van der Waals surface area contributed by atoms with Crippen molar-refractivity contribution in [2.24, 2.45) is 0 Å². The number of nitrogens with zero attached hydrogens (tertiary/aromatic N) is 1. The van der Waals surface area contributed by atoms with Crippen LogP contribution in [0.25, 0.3) is 0 Å². The Morgan fingerprint density at radius 3 is 2.46 bits per heavy atom. The van der Waals surface area contributed by atoms with E-state index in [0.29, 0.717) is 22.9 Å². The van der Waals surface area contributed by atoms with Crippen LogP contribution in [-0.4, -0.2) is 41.3 Å². The van der Waals surface area contributed by atoms with Crippen molar-refractivity contribution in [2.45, 2.75) is 6.92 Å². The van der Waals surface area contributed by atoms with Crippen molar-refractivity contribution in [1.29, 1.82) is 0 Å². The monoisotopic (exact) mass is 378 g/mol. The highest BCUT2D eigenvalue weighted by molar-refractivity contribution is 7.92. The molecule has 1 amide bonds. The van der Waals surface area contributed by atoms with Gasteiger partial charge >= 0.3 is 0 Å². The van der Waals surface area contributed by atoms with Gasteiger partial charge in [0.2, 0.25) is 15.9 Å². The summed E-state index contributed by atoms with van der Waals surface area (Å²) < 4.78 is 35.9. The quantitative estimate of drug-likeness (QED) is 0.800. The summed E-state index contributed by atoms with van der Waals surface area (Å²) >= 11 is 0. The number of rotatable bonds is 7. The SMILES string of the molecule is COc1cccc(NC(=O)CN(c2cc(C)ccc2OC)S(C)(=O)=O)c1. The number of amides is 1. The van der Waals surface area contributed by atoms with Gasteiger partial charge in [-0.1, -0.05) is 12.1 Å². The Bertz CT molecular complexity index is 896. The molecule has 0 spiro atoms. The smallest absolute Gasteiger partial charge is 0.245 e. The highest BCUT2D eigenvalue weighted by Gasteiger charge is 2.24. The summed E-state index contributed by atoms with van der Waals surface area (Å²) in [6.45, 7) is 1.45. The summed E-state index contributed by atoms with van der Waals surface area (Å²) in [5.74, 6) is 0.477. The van der Waals surface area contributed by atoms with Gasteiger partial charge in [0.1, 0.15) is 18.0 Å². The van der Waals surface area contributed by atoms with Crippen molar-refractivity contribution < 1.29 is 22.7 Å². The van der Waals surface area contributed by atoms with Gasteiger partial charge in [-0.25, -0.2) is 8.42 Å². The molecular weight excluding hydrogens is 356 g/mol. The van der Waals surface area contributed by atoms with Crippen molar-refractivity contribution in [1.82, 2.24) is 0 Å². The molecule has 26 heavy (non-hydrogen) atoms. The molecule has 140 valence electrons. The predicted octanol–water partition coefficient (Wildman–Crippen LogP) is 2.42. The first kappa shape index (κ1) is 19.6. The number of carbonyl (C=O) groups is 1. The van der Waals surface area contributed by atoms with E-state index in [1.54, 1.807) is 42.5 Å². The van der Waals surface area contributed by atoms with Crippen molar-refractivity contribution in [3.63, 3.8) is 0 Å². The number of sulfonamides is 1. The molecule has 0 bridgehead atoms. The van der Waals surface area contributed by atoms with Gasteiger partial charge in [-0.15, -0.1) is 0 Å². The van der Waals surface area contributed by atoms with Gasteiger partial charge in [-0.05, 0) is 36.8 Å². The van der Waals surface area contributed by atoms with Crippen LogP contribution in [0.2, 0.25) is 0 Å². The fourth-order valence-corrected chi connectivity index (χ4v) is 3.26. The first-order valence-corrected chi connectivity index (χ1v) is 9.65. The highest BCUT2D eigenvalue weighted by Crippen LogP contribution is 2.31. The Morgan fingerprint density at radius 1 is 1.12 bits per heavy atom. The normalized spacial score (nSPS) is 10.9. The molecule has 0 atom stereocenters. The third-order valence-electron chi connectivity index (χ3n) is 3.64. The highest BCUT2D eigenvalue weighted by atomic mass is 32.2. The second-order valence-electron chi connectivity index (χ2n) is 5.73. The molecule has 0 aromatic heterocycles. The standard InChI is InChI=1S/C18H22N2O5S/c1-13-8-9-17(25-3)16(10-13)20(26(4,22)23)12-18(21)19-14-6-5-7-15(11-14)24-2/h5-11H,12H2,1-4H3,(H,19,21). The molecule has 2 aromatic rings. The summed E-state index contributed by atoms with van der Waals surface area (Å²) in [5.41, 5.74) is 1.68. The maximum Gasteiger partial charge on any atom is 0.245 e. The molecule has 0 radical (unpaired) electrons. The lowest BCUT2D eigenvalue weighted by Gasteiger charge is -2.24. The van der Waals surface area contributed by atoms with Crippen LogP contribution in [0.15, 0.2) is 42.5 Å². The Hall–Kier alpha value is -2.74. The lowest BCUT2D eigenvalue weighted by atomic mass is 10.2. The van der Waals surface area contributed by atoms with Crippen molar-refractivity contribution in [2.75, 3.05) is 36.6 Å². The lowest BCUT2D eigenvalue weighted by Crippen LogP contribution is -2.37. The number of carbonyl (C=O) groups excluding carboxylic acids is 1. The van der Waals surface area contributed by atoms with E-state index < -0.39 is 15.9 Å². The minimum absolute atomic E-state index is 0.316. The number of hydrogen-bond donors (Lipinski definition) is 1. The Balaban J connectivity index is 2.29. The van der Waals surface area contributed by atoms with Gasteiger partial charge < -0.3 is 14.8 Å². The summed E-state index contributed by atoms with van der Waals surface area (Å²) in [6, 6.07) is 12.0. The molecule has 0 saturated heterocycles. The van der Waals surface area contributed by atoms with Gasteiger partial charge in [0.05, 0.1) is 26.2 Å². The van der Waals surface area contributed by atoms with E-state index >= 15 is 0 Å². The number of aryl methyl sites for hydroxylation is 1. The average Bonchev–Trinajstić information content (AvgIpc) is 2.59. The summed E-state index contributed by atoms with van der Waals surface area (Å²) in [4.78, 5) is 12.4. The first-order valence-electron chi connectivity index (χ1n) is 7.81. The number of hydrogen-bond acceptors (Lipinski definition) is 5. The van der Waals surface area contributed by atoms with E-state index in [4.69, 9.17) is 9.47 Å². The number of methoxy groups -OCH3 is 2. The van der Waals surface area contributed by atoms with Crippen LogP contribution in [0.3, 0.4) is 0 Å². The molecule has 0 aliphatic heterocycles. The van der Waals surface area contributed by atoms with Crippen molar-refractivity contribution in [3.8, 4) is 11.5 Å². The van der Waals surface area contributed by atoms with Crippen LogP contribution >= 0.6 is 0 Å². The van der Waals surface area contributed by atoms with Crippen LogP contribution < -0.4 is 19.1 Å². The van der Waals surface area contributed by atoms with E-state index in [0.717, 1.165) is 16.1 Å². The molecule has 0 saturated carbocycles. The molecule has 0 aliphatic rings. The summed E-state index contributed by atoms with van der Waals surface area (Å²) in [7, 11) is -0.726. The maximum atomic E-state index is 12.4. The van der Waals surface area contributed by atoms with Crippen LogP contribution in [0, 0.1) is 6.92 Å². The molecule has 8 heteroatoms. The van der Waals surface area contributed by atoms with E-state index in [9.17, 15) is 13.2 Å². The third kappa shape index (κ3) is 4.89. The van der Waals surface area contributed by atoms with Gasteiger partial charge in [0.15, 0.2) is 0 Å². The van der Waals surface area contributed by atoms with Gasteiger partial charge in [0.25, 0.3) is 0 Å². The summed E-state index contributed by atoms with van der Waals surface area (Å²) in [6.07, 6.45) is 1.05. The average molecular weight is 378 g/mol. The molecule has 2 aromatic carbocycles. The zero-order chi connectivity index (χ0) is 19.3. The van der Waals surface area contributed by atoms with Gasteiger partial charge in [-0.3, -0.25) is 9.10 Å². The Labute approximate surface area is 153 Å². The molecule has 0 aliphatic carbocycles. The second kappa shape index (κ2) is 8.09. The van der Waals surface area contributed by atoms with Crippen LogP contribution in [0.4, 0.5) is 11.4 Å². The van der Waals surface area contributed by atoms with E-state index in [1.807, 2.05) is 6.92 Å². The molecular formula is C18H22N2O5S. The topological polar surface area (TPSA) is 84.9 Å². The van der Waals surface area contributed by atoms with Gasteiger partial charge in [-0.2, -0.15) is 0 Å². The lowest BCUT2D eigenvalue weighted by molar-refractivity contribution is -0.114. The molecule has 7 nitrogen and oxygen atoms in total. The number of nitrogens with one attached hydrogen (secondary N) is 1. The number of benzene rings is 2. The van der Waals surface area contributed by atoms with E-state index in [2.05, 4.69) is 5.32 Å². The fraction of sp³-hybridized carbons (Fsp3) is 0.278. The first-order chi connectivity index (χ1) is 12.2. The molecule has 0 unspecified atom stereocenters.